The topological polar surface area (TPSA) is 37.3 Å². The molecule has 4 rings (SSSR count). The largest absolute Gasteiger partial charge is 0.393 e. The van der Waals surface area contributed by atoms with Crippen LogP contribution in [0, 0.1) is 40.4 Å². The highest BCUT2D eigenvalue weighted by Gasteiger charge is 2.63. The second kappa shape index (κ2) is 5.31. The SMILES string of the molecule is CC(=O)C1CCC2C3CCC4CCCCC4(C)C3C(O)CC12C. The fraction of sp³-hybridized carbons (Fsp3) is 0.952. The minimum atomic E-state index is -0.188. The molecule has 2 nitrogen and oxygen atoms in total. The van der Waals surface area contributed by atoms with Crippen LogP contribution in [0.3, 0.4) is 0 Å². The van der Waals surface area contributed by atoms with E-state index in [9.17, 15) is 9.90 Å². The van der Waals surface area contributed by atoms with Crippen LogP contribution in [0.4, 0.5) is 0 Å². The number of rotatable bonds is 1. The van der Waals surface area contributed by atoms with Gasteiger partial charge >= 0.3 is 0 Å². The van der Waals surface area contributed by atoms with Crippen LogP contribution in [0.15, 0.2) is 0 Å². The summed E-state index contributed by atoms with van der Waals surface area (Å²) < 4.78 is 0. The highest BCUT2D eigenvalue weighted by Crippen LogP contribution is 2.67. The van der Waals surface area contributed by atoms with Crippen molar-refractivity contribution in [3.63, 3.8) is 0 Å². The molecule has 2 heteroatoms. The monoisotopic (exact) mass is 318 g/mol. The molecule has 0 aliphatic heterocycles. The van der Waals surface area contributed by atoms with Gasteiger partial charge in [0.05, 0.1) is 6.10 Å². The van der Waals surface area contributed by atoms with Crippen LogP contribution >= 0.6 is 0 Å². The molecular weight excluding hydrogens is 284 g/mol. The summed E-state index contributed by atoms with van der Waals surface area (Å²) in [5.41, 5.74) is 0.417. The number of aliphatic hydroxyl groups is 1. The lowest BCUT2D eigenvalue weighted by Gasteiger charge is -2.62. The number of Topliss-reactive ketones (excluding diaryl/α,β-unsaturated/α-hetero) is 1. The third-order valence-corrected chi connectivity index (χ3v) is 9.00. The second-order valence-corrected chi connectivity index (χ2v) is 9.84. The summed E-state index contributed by atoms with van der Waals surface area (Å²) in [6.07, 6.45) is 11.1. The maximum Gasteiger partial charge on any atom is 0.133 e. The summed E-state index contributed by atoms with van der Waals surface area (Å²) in [7, 11) is 0. The molecule has 0 aromatic heterocycles. The minimum Gasteiger partial charge on any atom is -0.393 e. The van der Waals surface area contributed by atoms with E-state index in [0.717, 1.165) is 18.8 Å². The van der Waals surface area contributed by atoms with Crippen molar-refractivity contribution in [2.45, 2.75) is 84.7 Å². The first-order valence-corrected chi connectivity index (χ1v) is 10.1. The van der Waals surface area contributed by atoms with Crippen molar-refractivity contribution in [2.24, 2.45) is 40.4 Å². The Morgan fingerprint density at radius 1 is 1.00 bits per heavy atom. The summed E-state index contributed by atoms with van der Waals surface area (Å²) in [4.78, 5) is 12.2. The molecule has 0 saturated heterocycles. The Hall–Kier alpha value is -0.370. The summed E-state index contributed by atoms with van der Waals surface area (Å²) >= 11 is 0. The van der Waals surface area contributed by atoms with Crippen molar-refractivity contribution >= 4 is 5.78 Å². The van der Waals surface area contributed by atoms with Gasteiger partial charge in [-0.3, -0.25) is 4.79 Å². The van der Waals surface area contributed by atoms with Crippen LogP contribution in [0.2, 0.25) is 0 Å². The van der Waals surface area contributed by atoms with E-state index in [0.29, 0.717) is 29.0 Å². The van der Waals surface area contributed by atoms with Crippen molar-refractivity contribution in [1.29, 1.82) is 0 Å². The fourth-order valence-electron chi connectivity index (χ4n) is 8.09. The van der Waals surface area contributed by atoms with Crippen LogP contribution in [0.5, 0.6) is 0 Å². The molecule has 0 bridgehead atoms. The van der Waals surface area contributed by atoms with Gasteiger partial charge < -0.3 is 5.11 Å². The van der Waals surface area contributed by atoms with Gasteiger partial charge in [0.2, 0.25) is 0 Å². The first-order valence-electron chi connectivity index (χ1n) is 10.1. The first kappa shape index (κ1) is 16.1. The third-order valence-electron chi connectivity index (χ3n) is 9.00. The lowest BCUT2D eigenvalue weighted by atomic mass is 9.44. The zero-order valence-electron chi connectivity index (χ0n) is 15.2. The molecular formula is C21H34O2. The Morgan fingerprint density at radius 3 is 2.52 bits per heavy atom. The van der Waals surface area contributed by atoms with E-state index in [-0.39, 0.29) is 17.4 Å². The Bertz CT molecular complexity index is 500. The van der Waals surface area contributed by atoms with Crippen molar-refractivity contribution in [3.05, 3.63) is 0 Å². The van der Waals surface area contributed by atoms with Crippen LogP contribution in [-0.2, 0) is 4.79 Å². The summed E-state index contributed by atoms with van der Waals surface area (Å²) in [5, 5.41) is 11.2. The van der Waals surface area contributed by atoms with E-state index in [1.54, 1.807) is 6.92 Å². The highest BCUT2D eigenvalue weighted by molar-refractivity contribution is 5.79. The predicted molar refractivity (Wildman–Crippen MR) is 91.9 cm³/mol. The van der Waals surface area contributed by atoms with Gasteiger partial charge in [0.15, 0.2) is 0 Å². The summed E-state index contributed by atoms with van der Waals surface area (Å²) in [5.74, 6) is 3.21. The number of fused-ring (bicyclic) bond motifs is 5. The smallest absolute Gasteiger partial charge is 0.133 e. The predicted octanol–water partition coefficient (Wildman–Crippen LogP) is 4.60. The van der Waals surface area contributed by atoms with E-state index in [1.165, 1.54) is 44.9 Å². The number of hydrogen-bond donors (Lipinski definition) is 1. The molecule has 8 atom stereocenters. The number of aliphatic hydroxyl groups excluding tert-OH is 1. The van der Waals surface area contributed by atoms with Crippen LogP contribution in [0.1, 0.15) is 78.6 Å². The van der Waals surface area contributed by atoms with Gasteiger partial charge in [-0.1, -0.05) is 26.7 Å². The van der Waals surface area contributed by atoms with Gasteiger partial charge in [-0.05, 0) is 86.4 Å². The van der Waals surface area contributed by atoms with Crippen molar-refractivity contribution < 1.29 is 9.90 Å². The van der Waals surface area contributed by atoms with Crippen molar-refractivity contribution in [3.8, 4) is 0 Å². The molecule has 0 heterocycles. The van der Waals surface area contributed by atoms with Gasteiger partial charge in [0.1, 0.15) is 5.78 Å². The summed E-state index contributed by atoms with van der Waals surface area (Å²) in [6, 6.07) is 0. The maximum atomic E-state index is 12.2. The minimum absolute atomic E-state index is 0.0598. The van der Waals surface area contributed by atoms with E-state index >= 15 is 0 Å². The van der Waals surface area contributed by atoms with Gasteiger partial charge in [-0.25, -0.2) is 0 Å². The second-order valence-electron chi connectivity index (χ2n) is 9.84. The molecule has 4 fully saturated rings. The lowest BCUT2D eigenvalue weighted by Crippen LogP contribution is -2.58. The molecule has 0 aromatic carbocycles. The molecule has 23 heavy (non-hydrogen) atoms. The molecule has 0 aromatic rings. The quantitative estimate of drug-likeness (QED) is 0.767. The standard InChI is InChI=1S/C21H34O2/c1-13(22)16-9-10-17-15-8-7-14-6-4-5-11-20(14,2)19(15)18(23)12-21(16,17)3/h14-19,23H,4-12H2,1-3H3. The normalized spacial score (nSPS) is 55.7. The molecule has 130 valence electrons. The molecule has 4 aliphatic carbocycles. The van der Waals surface area contributed by atoms with Crippen LogP contribution in [-0.4, -0.2) is 17.0 Å². The van der Waals surface area contributed by atoms with E-state index in [2.05, 4.69) is 13.8 Å². The molecule has 1 N–H and O–H groups in total. The average Bonchev–Trinajstić information content (AvgIpc) is 2.82. The highest BCUT2D eigenvalue weighted by atomic mass is 16.3. The zero-order chi connectivity index (χ0) is 16.4. The van der Waals surface area contributed by atoms with Crippen LogP contribution in [0.25, 0.3) is 0 Å². The molecule has 4 saturated carbocycles. The van der Waals surface area contributed by atoms with Gasteiger partial charge in [0.25, 0.3) is 0 Å². The van der Waals surface area contributed by atoms with Gasteiger partial charge in [0, 0.05) is 5.92 Å². The number of ketones is 1. The Labute approximate surface area is 141 Å². The van der Waals surface area contributed by atoms with E-state index in [4.69, 9.17) is 0 Å². The summed E-state index contributed by atoms with van der Waals surface area (Å²) in [6.45, 7) is 6.60. The van der Waals surface area contributed by atoms with Crippen molar-refractivity contribution in [1.82, 2.24) is 0 Å². The Balaban J connectivity index is 1.69. The molecule has 0 spiro atoms. The van der Waals surface area contributed by atoms with Crippen LogP contribution < -0.4 is 0 Å². The Kier molecular flexibility index (Phi) is 3.72. The fourth-order valence-corrected chi connectivity index (χ4v) is 8.09. The van der Waals surface area contributed by atoms with Crippen molar-refractivity contribution in [2.75, 3.05) is 0 Å². The average molecular weight is 319 g/mol. The molecule has 4 aliphatic rings. The maximum absolute atomic E-state index is 12.2. The van der Waals surface area contributed by atoms with E-state index < -0.39 is 0 Å². The van der Waals surface area contributed by atoms with Gasteiger partial charge in [-0.15, -0.1) is 0 Å². The van der Waals surface area contributed by atoms with Gasteiger partial charge in [-0.2, -0.15) is 0 Å². The molecule has 0 amide bonds. The lowest BCUT2D eigenvalue weighted by molar-refractivity contribution is -0.170. The third kappa shape index (κ3) is 2.12. The number of carbonyl (C=O) groups excluding carboxylic acids is 1. The molecule has 0 radical (unpaired) electrons. The number of carbonyl (C=O) groups is 1. The Morgan fingerprint density at radius 2 is 1.78 bits per heavy atom. The molecule has 8 unspecified atom stereocenters. The number of hydrogen-bond acceptors (Lipinski definition) is 2. The van der Waals surface area contributed by atoms with E-state index in [1.807, 2.05) is 0 Å². The zero-order valence-corrected chi connectivity index (χ0v) is 15.2. The first-order chi connectivity index (χ1) is 10.9.